The fourth-order valence-corrected chi connectivity index (χ4v) is 3.80. The second kappa shape index (κ2) is 9.07. The van der Waals surface area contributed by atoms with E-state index in [1.807, 2.05) is 30.9 Å². The molecule has 7 heteroatoms. The van der Waals surface area contributed by atoms with Crippen molar-refractivity contribution in [2.45, 2.75) is 33.6 Å². The van der Waals surface area contributed by atoms with Gasteiger partial charge in [-0.25, -0.2) is 4.79 Å². The number of aryl methyl sites for hydroxylation is 2. The molecule has 1 aliphatic rings. The smallest absolute Gasteiger partial charge is 0.338 e. The van der Waals surface area contributed by atoms with Gasteiger partial charge in [0.15, 0.2) is 6.61 Å². The lowest BCUT2D eigenvalue weighted by atomic mass is 9.99. The fraction of sp³-hybridized carbons (Fsp3) is 0.391. The summed E-state index contributed by atoms with van der Waals surface area (Å²) < 4.78 is 5.15. The topological polar surface area (TPSA) is 89.8 Å². The fourth-order valence-electron chi connectivity index (χ4n) is 3.80. The SMILES string of the molecule is Cc1ccc(C)c(C(=O)COC(=O)c2ccc(N3CCC[C@H](C)C3)c([N+](=O)[O-])c2)c1. The maximum atomic E-state index is 12.4. The van der Waals surface area contributed by atoms with Crippen LogP contribution >= 0.6 is 0 Å². The molecule has 0 unspecified atom stereocenters. The Balaban J connectivity index is 1.74. The Morgan fingerprint density at radius 1 is 1.20 bits per heavy atom. The van der Waals surface area contributed by atoms with Crippen molar-refractivity contribution in [2.24, 2.45) is 5.92 Å². The van der Waals surface area contributed by atoms with E-state index in [0.717, 1.165) is 37.1 Å². The third-order valence-electron chi connectivity index (χ3n) is 5.43. The molecule has 1 heterocycles. The summed E-state index contributed by atoms with van der Waals surface area (Å²) in [6.45, 7) is 6.90. The number of ketones is 1. The molecule has 0 bridgehead atoms. The number of esters is 1. The van der Waals surface area contributed by atoms with Crippen LogP contribution in [-0.2, 0) is 4.74 Å². The molecule has 1 aliphatic heterocycles. The van der Waals surface area contributed by atoms with Crippen molar-refractivity contribution in [1.82, 2.24) is 0 Å². The van der Waals surface area contributed by atoms with E-state index in [0.29, 0.717) is 17.2 Å². The van der Waals surface area contributed by atoms with Gasteiger partial charge in [-0.1, -0.05) is 24.6 Å². The van der Waals surface area contributed by atoms with E-state index < -0.39 is 17.5 Å². The highest BCUT2D eigenvalue weighted by atomic mass is 16.6. The Kier molecular flexibility index (Phi) is 6.50. The molecule has 1 fully saturated rings. The highest BCUT2D eigenvalue weighted by molar-refractivity contribution is 6.00. The first-order chi connectivity index (χ1) is 14.3. The molecular weight excluding hydrogens is 384 g/mol. The minimum absolute atomic E-state index is 0.0595. The van der Waals surface area contributed by atoms with Crippen LogP contribution in [-0.4, -0.2) is 36.4 Å². The molecule has 0 radical (unpaired) electrons. The number of anilines is 1. The average molecular weight is 410 g/mol. The minimum atomic E-state index is -0.754. The predicted molar refractivity (Wildman–Crippen MR) is 114 cm³/mol. The normalized spacial score (nSPS) is 16.2. The summed E-state index contributed by atoms with van der Waals surface area (Å²) >= 11 is 0. The lowest BCUT2D eigenvalue weighted by Crippen LogP contribution is -2.34. The van der Waals surface area contributed by atoms with Gasteiger partial charge in [0.2, 0.25) is 5.78 Å². The summed E-state index contributed by atoms with van der Waals surface area (Å²) in [5, 5.41) is 11.6. The number of nitro benzene ring substituents is 1. The van der Waals surface area contributed by atoms with Crippen LogP contribution in [0.25, 0.3) is 0 Å². The number of benzene rings is 2. The number of nitro groups is 1. The Bertz CT molecular complexity index is 986. The summed E-state index contributed by atoms with van der Waals surface area (Å²) in [5.41, 5.74) is 2.69. The Morgan fingerprint density at radius 3 is 2.67 bits per heavy atom. The number of hydrogen-bond acceptors (Lipinski definition) is 6. The molecule has 7 nitrogen and oxygen atoms in total. The van der Waals surface area contributed by atoms with Crippen LogP contribution in [0.3, 0.4) is 0 Å². The molecule has 0 amide bonds. The van der Waals surface area contributed by atoms with Crippen molar-refractivity contribution < 1.29 is 19.2 Å². The molecule has 3 rings (SSSR count). The van der Waals surface area contributed by atoms with Gasteiger partial charge in [0, 0.05) is 24.7 Å². The number of carbonyl (C=O) groups excluding carboxylic acids is 2. The van der Waals surface area contributed by atoms with Gasteiger partial charge in [-0.3, -0.25) is 14.9 Å². The standard InChI is InChI=1S/C23H26N2O5/c1-15-6-7-17(3)19(11-15)22(26)14-30-23(27)18-8-9-20(21(12-18)25(28)29)24-10-4-5-16(2)13-24/h6-9,11-12,16H,4-5,10,13-14H2,1-3H3/t16-/m0/s1. The first-order valence-electron chi connectivity index (χ1n) is 10.1. The molecule has 0 aliphatic carbocycles. The third kappa shape index (κ3) is 4.84. The third-order valence-corrected chi connectivity index (χ3v) is 5.43. The molecule has 2 aromatic rings. The van der Waals surface area contributed by atoms with Crippen molar-refractivity contribution in [3.05, 3.63) is 68.8 Å². The summed E-state index contributed by atoms with van der Waals surface area (Å²) in [6.07, 6.45) is 2.08. The Labute approximate surface area is 175 Å². The molecule has 0 spiro atoms. The highest BCUT2D eigenvalue weighted by Gasteiger charge is 2.25. The van der Waals surface area contributed by atoms with E-state index in [2.05, 4.69) is 6.92 Å². The van der Waals surface area contributed by atoms with Crippen LogP contribution in [0, 0.1) is 29.9 Å². The van der Waals surface area contributed by atoms with E-state index in [1.165, 1.54) is 12.1 Å². The van der Waals surface area contributed by atoms with E-state index in [-0.39, 0.29) is 17.0 Å². The van der Waals surface area contributed by atoms with Crippen LogP contribution in [0.1, 0.15) is 51.6 Å². The van der Waals surface area contributed by atoms with Crippen molar-refractivity contribution in [2.75, 3.05) is 24.6 Å². The average Bonchev–Trinajstić information content (AvgIpc) is 2.73. The van der Waals surface area contributed by atoms with E-state index >= 15 is 0 Å². The van der Waals surface area contributed by atoms with Crippen LogP contribution in [0.5, 0.6) is 0 Å². The molecule has 1 atom stereocenters. The van der Waals surface area contributed by atoms with Gasteiger partial charge in [0.05, 0.1) is 10.5 Å². The van der Waals surface area contributed by atoms with E-state index in [1.54, 1.807) is 12.1 Å². The van der Waals surface area contributed by atoms with Crippen LogP contribution in [0.4, 0.5) is 11.4 Å². The van der Waals surface area contributed by atoms with Gasteiger partial charge in [0.25, 0.3) is 5.69 Å². The second-order valence-corrected chi connectivity index (χ2v) is 7.97. The van der Waals surface area contributed by atoms with Crippen LogP contribution < -0.4 is 4.90 Å². The van der Waals surface area contributed by atoms with Gasteiger partial charge < -0.3 is 9.64 Å². The Morgan fingerprint density at radius 2 is 1.97 bits per heavy atom. The lowest BCUT2D eigenvalue weighted by molar-refractivity contribution is -0.384. The predicted octanol–water partition coefficient (Wildman–Crippen LogP) is 4.49. The number of nitrogens with zero attached hydrogens (tertiary/aromatic N) is 2. The largest absolute Gasteiger partial charge is 0.454 e. The maximum Gasteiger partial charge on any atom is 0.338 e. The molecular formula is C23H26N2O5. The first kappa shape index (κ1) is 21.5. The van der Waals surface area contributed by atoms with Gasteiger partial charge in [0.1, 0.15) is 5.69 Å². The molecule has 158 valence electrons. The summed E-state index contributed by atoms with van der Waals surface area (Å²) in [6, 6.07) is 9.85. The van der Waals surface area contributed by atoms with Gasteiger partial charge in [-0.2, -0.15) is 0 Å². The molecule has 1 saturated heterocycles. The second-order valence-electron chi connectivity index (χ2n) is 7.97. The van der Waals surface area contributed by atoms with E-state index in [9.17, 15) is 19.7 Å². The number of hydrogen-bond donors (Lipinski definition) is 0. The van der Waals surface area contributed by atoms with Gasteiger partial charge in [-0.15, -0.1) is 0 Å². The number of piperidine rings is 1. The maximum absolute atomic E-state index is 12.4. The minimum Gasteiger partial charge on any atom is -0.454 e. The van der Waals surface area contributed by atoms with Crippen molar-refractivity contribution in [3.8, 4) is 0 Å². The zero-order chi connectivity index (χ0) is 21.8. The van der Waals surface area contributed by atoms with Gasteiger partial charge >= 0.3 is 5.97 Å². The van der Waals surface area contributed by atoms with Crippen molar-refractivity contribution >= 4 is 23.1 Å². The summed E-state index contributed by atoms with van der Waals surface area (Å²) in [4.78, 5) is 38.0. The van der Waals surface area contributed by atoms with Crippen molar-refractivity contribution in [3.63, 3.8) is 0 Å². The molecule has 0 aromatic heterocycles. The highest BCUT2D eigenvalue weighted by Crippen LogP contribution is 2.32. The number of ether oxygens (including phenoxy) is 1. The zero-order valence-corrected chi connectivity index (χ0v) is 17.5. The zero-order valence-electron chi connectivity index (χ0n) is 17.5. The summed E-state index contributed by atoms with van der Waals surface area (Å²) in [7, 11) is 0. The summed E-state index contributed by atoms with van der Waals surface area (Å²) in [5.74, 6) is -0.604. The van der Waals surface area contributed by atoms with Gasteiger partial charge in [-0.05, 0) is 56.4 Å². The van der Waals surface area contributed by atoms with Crippen molar-refractivity contribution in [1.29, 1.82) is 0 Å². The monoisotopic (exact) mass is 410 g/mol. The van der Waals surface area contributed by atoms with E-state index in [4.69, 9.17) is 4.74 Å². The van der Waals surface area contributed by atoms with Crippen LogP contribution in [0.15, 0.2) is 36.4 Å². The first-order valence-corrected chi connectivity index (χ1v) is 10.1. The molecule has 30 heavy (non-hydrogen) atoms. The number of Topliss-reactive ketones (excluding diaryl/α,β-unsaturated/α-hetero) is 1. The van der Waals surface area contributed by atoms with Crippen LogP contribution in [0.2, 0.25) is 0 Å². The lowest BCUT2D eigenvalue weighted by Gasteiger charge is -2.32. The number of rotatable bonds is 6. The molecule has 0 saturated carbocycles. The quantitative estimate of drug-likeness (QED) is 0.302. The molecule has 0 N–H and O–H groups in total. The Hall–Kier alpha value is -3.22. The number of carbonyl (C=O) groups is 2. The molecule has 2 aromatic carbocycles.